The van der Waals surface area contributed by atoms with Crippen molar-refractivity contribution in [1.82, 2.24) is 0 Å². The Morgan fingerprint density at radius 3 is 1.55 bits per heavy atom. The molecule has 0 amide bonds. The molecule has 0 aliphatic heterocycles. The summed E-state index contributed by atoms with van der Waals surface area (Å²) in [5.74, 6) is 1.42. The summed E-state index contributed by atoms with van der Waals surface area (Å²) in [5.41, 5.74) is 0. The Labute approximate surface area is 124 Å². The van der Waals surface area contributed by atoms with Crippen LogP contribution in [0.2, 0.25) is 0 Å². The Bertz CT molecular complexity index is 268. The summed E-state index contributed by atoms with van der Waals surface area (Å²) < 4.78 is 31.6. The lowest BCUT2D eigenvalue weighted by Gasteiger charge is -2.08. The van der Waals surface area contributed by atoms with Crippen molar-refractivity contribution in [3.63, 3.8) is 0 Å². The third kappa shape index (κ3) is 26.4. The largest absolute Gasteiger partial charge is 0.396 e. The molecule has 6 heteroatoms. The van der Waals surface area contributed by atoms with E-state index in [1.54, 1.807) is 0 Å². The number of unbranched alkanes of at least 4 members (excludes halogenated alkanes) is 4. The lowest BCUT2D eigenvalue weighted by atomic mass is 9.99. The fourth-order valence-electron chi connectivity index (χ4n) is 1.81. The van der Waals surface area contributed by atoms with E-state index in [0.717, 1.165) is 5.92 Å². The Morgan fingerprint density at radius 2 is 1.20 bits per heavy atom. The second kappa shape index (κ2) is 13.8. The molecule has 0 rings (SSSR count). The number of hydrogen-bond donors (Lipinski definition) is 3. The highest BCUT2D eigenvalue weighted by Gasteiger charge is 2.00. The van der Waals surface area contributed by atoms with Crippen molar-refractivity contribution in [2.24, 2.45) is 11.8 Å². The minimum Gasteiger partial charge on any atom is -0.396 e. The van der Waals surface area contributed by atoms with Crippen molar-refractivity contribution < 1.29 is 22.6 Å². The van der Waals surface area contributed by atoms with Crippen LogP contribution >= 0.6 is 0 Å². The monoisotopic (exact) mass is 312 g/mol. The molecule has 0 aliphatic rings. The lowest BCUT2D eigenvalue weighted by molar-refractivity contribution is 0.227. The van der Waals surface area contributed by atoms with Gasteiger partial charge in [-0.3, -0.25) is 9.11 Å². The minimum absolute atomic E-state index is 0.355. The first-order chi connectivity index (χ1) is 9.20. The van der Waals surface area contributed by atoms with Crippen LogP contribution in [0.25, 0.3) is 0 Å². The Balaban J connectivity index is 0. The molecule has 2 atom stereocenters. The molecule has 2 unspecified atom stereocenters. The van der Waals surface area contributed by atoms with Crippen LogP contribution in [0.1, 0.15) is 72.1 Å². The third-order valence-corrected chi connectivity index (χ3v) is 3.40. The number of aliphatic hydroxyl groups is 1. The van der Waals surface area contributed by atoms with E-state index in [4.69, 9.17) is 22.6 Å². The van der Waals surface area contributed by atoms with Gasteiger partial charge in [0.05, 0.1) is 0 Å². The first-order valence-electron chi connectivity index (χ1n) is 7.51. The van der Waals surface area contributed by atoms with E-state index in [2.05, 4.69) is 20.8 Å². The molecule has 0 heterocycles. The molecule has 0 aromatic heterocycles. The fourth-order valence-corrected chi connectivity index (χ4v) is 1.81. The van der Waals surface area contributed by atoms with Crippen molar-refractivity contribution >= 4 is 10.4 Å². The van der Waals surface area contributed by atoms with Crippen molar-refractivity contribution in [2.75, 3.05) is 6.61 Å². The van der Waals surface area contributed by atoms with E-state index in [1.165, 1.54) is 51.4 Å². The zero-order valence-corrected chi connectivity index (χ0v) is 13.9. The first-order valence-corrected chi connectivity index (χ1v) is 8.91. The molecule has 20 heavy (non-hydrogen) atoms. The molecule has 124 valence electrons. The first kappa shape index (κ1) is 22.1. The van der Waals surface area contributed by atoms with Gasteiger partial charge < -0.3 is 5.11 Å². The Hall–Kier alpha value is -0.170. The summed E-state index contributed by atoms with van der Waals surface area (Å²) in [4.78, 5) is 0. The molecule has 5 nitrogen and oxygen atoms in total. The molecule has 0 radical (unpaired) electrons. The van der Waals surface area contributed by atoms with Crippen LogP contribution in [0, 0.1) is 11.8 Å². The molecule has 0 saturated carbocycles. The van der Waals surface area contributed by atoms with E-state index < -0.39 is 10.4 Å². The van der Waals surface area contributed by atoms with Crippen LogP contribution in [-0.4, -0.2) is 29.2 Å². The van der Waals surface area contributed by atoms with Gasteiger partial charge in [0.2, 0.25) is 0 Å². The van der Waals surface area contributed by atoms with Crippen LogP contribution < -0.4 is 0 Å². The topological polar surface area (TPSA) is 94.8 Å². The second-order valence-corrected chi connectivity index (χ2v) is 6.49. The number of aliphatic hydroxyl groups excluding tert-OH is 1. The molecule has 3 N–H and O–H groups in total. The summed E-state index contributed by atoms with van der Waals surface area (Å²) in [6, 6.07) is 0. The summed E-state index contributed by atoms with van der Waals surface area (Å²) in [7, 11) is -4.67. The molecule has 0 aromatic carbocycles. The summed E-state index contributed by atoms with van der Waals surface area (Å²) in [5, 5.41) is 8.86. The zero-order chi connectivity index (χ0) is 16.0. The summed E-state index contributed by atoms with van der Waals surface area (Å²) in [6.45, 7) is 7.11. The normalized spacial score (nSPS) is 14.3. The number of rotatable bonds is 10. The van der Waals surface area contributed by atoms with E-state index >= 15 is 0 Å². The van der Waals surface area contributed by atoms with E-state index in [-0.39, 0.29) is 0 Å². The standard InChI is InChI=1S/C14H30O.H2O4S/c1-4-13(2)10-8-6-5-7-9-11-14(3)12-15;1-5(2,3)4/h13-15H,4-12H2,1-3H3;(H2,1,2,3,4). The average Bonchev–Trinajstić information content (AvgIpc) is 2.34. The molecule has 0 aliphatic carbocycles. The van der Waals surface area contributed by atoms with Crippen molar-refractivity contribution in [3.05, 3.63) is 0 Å². The van der Waals surface area contributed by atoms with Crippen molar-refractivity contribution in [1.29, 1.82) is 0 Å². The SMILES string of the molecule is CCC(C)CCCCCCCC(C)CO.O=S(=O)(O)O. The molecule has 0 saturated heterocycles. The van der Waals surface area contributed by atoms with Crippen LogP contribution in [0.5, 0.6) is 0 Å². The highest BCUT2D eigenvalue weighted by Crippen LogP contribution is 2.15. The maximum Gasteiger partial charge on any atom is 0.394 e. The quantitative estimate of drug-likeness (QED) is 0.422. The van der Waals surface area contributed by atoms with Crippen LogP contribution in [0.15, 0.2) is 0 Å². The molecule has 0 spiro atoms. The third-order valence-electron chi connectivity index (χ3n) is 3.40. The zero-order valence-electron chi connectivity index (χ0n) is 13.1. The van der Waals surface area contributed by atoms with E-state index in [1.807, 2.05) is 0 Å². The maximum atomic E-state index is 8.86. The minimum atomic E-state index is -4.67. The Kier molecular flexibility index (Phi) is 15.3. The van der Waals surface area contributed by atoms with Crippen LogP contribution in [-0.2, 0) is 10.4 Å². The van der Waals surface area contributed by atoms with Crippen LogP contribution in [0.3, 0.4) is 0 Å². The van der Waals surface area contributed by atoms with E-state index in [9.17, 15) is 0 Å². The van der Waals surface area contributed by atoms with Gasteiger partial charge in [-0.05, 0) is 18.3 Å². The summed E-state index contributed by atoms with van der Waals surface area (Å²) in [6.07, 6.45) is 10.8. The van der Waals surface area contributed by atoms with Crippen molar-refractivity contribution in [3.8, 4) is 0 Å². The summed E-state index contributed by atoms with van der Waals surface area (Å²) >= 11 is 0. The van der Waals surface area contributed by atoms with Gasteiger partial charge in [-0.25, -0.2) is 0 Å². The van der Waals surface area contributed by atoms with Gasteiger partial charge in [-0.15, -0.1) is 0 Å². The van der Waals surface area contributed by atoms with Gasteiger partial charge in [0, 0.05) is 6.61 Å². The van der Waals surface area contributed by atoms with Gasteiger partial charge in [0.15, 0.2) is 0 Å². The molecular weight excluding hydrogens is 280 g/mol. The smallest absolute Gasteiger partial charge is 0.394 e. The van der Waals surface area contributed by atoms with E-state index in [0.29, 0.717) is 12.5 Å². The average molecular weight is 312 g/mol. The van der Waals surface area contributed by atoms with Gasteiger partial charge in [0.25, 0.3) is 0 Å². The van der Waals surface area contributed by atoms with Gasteiger partial charge in [-0.1, -0.05) is 65.7 Å². The maximum absolute atomic E-state index is 8.86. The predicted octanol–water partition coefficient (Wildman–Crippen LogP) is 3.74. The lowest BCUT2D eigenvalue weighted by Crippen LogP contribution is -1.99. The van der Waals surface area contributed by atoms with Gasteiger partial charge in [-0.2, -0.15) is 8.42 Å². The Morgan fingerprint density at radius 1 is 0.850 bits per heavy atom. The van der Waals surface area contributed by atoms with Gasteiger partial charge >= 0.3 is 10.4 Å². The second-order valence-electron chi connectivity index (χ2n) is 5.59. The van der Waals surface area contributed by atoms with Crippen LogP contribution in [0.4, 0.5) is 0 Å². The van der Waals surface area contributed by atoms with Crippen molar-refractivity contribution in [2.45, 2.75) is 72.1 Å². The molecule has 0 aromatic rings. The fraction of sp³-hybridized carbons (Fsp3) is 1.00. The molecule has 0 bridgehead atoms. The van der Waals surface area contributed by atoms with Gasteiger partial charge in [0.1, 0.15) is 0 Å². The number of hydrogen-bond acceptors (Lipinski definition) is 3. The highest BCUT2D eigenvalue weighted by molar-refractivity contribution is 7.79. The predicted molar refractivity (Wildman–Crippen MR) is 82.2 cm³/mol. The molecular formula is C14H32O5S. The molecule has 0 fully saturated rings. The highest BCUT2D eigenvalue weighted by atomic mass is 32.3.